The fourth-order valence-electron chi connectivity index (χ4n) is 9.04. The van der Waals surface area contributed by atoms with Crippen molar-refractivity contribution < 1.29 is 4.74 Å². The monoisotopic (exact) mass is 954 g/mol. The SMILES string of the molecule is C.C.C.CC1CCC1.CC1CCCCC1.CC1CCCCC1.CC1CNC1.CN1CCC1.CN1CCCC1.CN1CCCCC1.CN1CCCCC1.CN1CCCCC1.CN1CCCOCC1. The zero-order valence-electron chi connectivity index (χ0n) is 45.6. The summed E-state index contributed by atoms with van der Waals surface area (Å²) in [4.78, 5) is 14.1. The molecule has 67 heavy (non-hydrogen) atoms. The van der Waals surface area contributed by atoms with Crippen molar-refractivity contribution in [1.82, 2.24) is 34.7 Å². The number of nitrogens with zero attached hydrogens (tertiary/aromatic N) is 6. The van der Waals surface area contributed by atoms with E-state index < -0.39 is 0 Å². The predicted octanol–water partition coefficient (Wildman–Crippen LogP) is 13.8. The third kappa shape index (κ3) is 49.1. The van der Waals surface area contributed by atoms with Gasteiger partial charge in [0.05, 0.1) is 6.61 Å². The number of hydrogen-bond acceptors (Lipinski definition) is 8. The lowest BCUT2D eigenvalue weighted by molar-refractivity contribution is 0.144. The number of piperidine rings is 3. The number of nitrogens with one attached hydrogen (secondary N) is 1. The summed E-state index contributed by atoms with van der Waals surface area (Å²) in [6.07, 6.45) is 37.6. The first-order valence-corrected chi connectivity index (χ1v) is 28.3. The van der Waals surface area contributed by atoms with Crippen LogP contribution in [0.3, 0.4) is 0 Å². The average Bonchev–Trinajstić information content (AvgIpc) is 3.64. The van der Waals surface area contributed by atoms with E-state index in [9.17, 15) is 0 Å². The summed E-state index contributed by atoms with van der Waals surface area (Å²) in [6, 6.07) is 0. The smallest absolute Gasteiger partial charge is 0.0593 e. The van der Waals surface area contributed by atoms with E-state index in [1.807, 2.05) is 0 Å². The highest BCUT2D eigenvalue weighted by Gasteiger charge is 2.11. The van der Waals surface area contributed by atoms with Gasteiger partial charge in [0.2, 0.25) is 0 Å². The molecule has 3 aliphatic carbocycles. The van der Waals surface area contributed by atoms with E-state index in [1.165, 1.54) is 252 Å². The highest BCUT2D eigenvalue weighted by atomic mass is 16.5. The zero-order valence-corrected chi connectivity index (χ0v) is 45.6. The fourth-order valence-corrected chi connectivity index (χ4v) is 9.04. The number of hydrogen-bond donors (Lipinski definition) is 1. The van der Waals surface area contributed by atoms with Gasteiger partial charge in [-0.1, -0.05) is 153 Å². The van der Waals surface area contributed by atoms with Gasteiger partial charge in [-0.25, -0.2) is 0 Å². The molecule has 0 radical (unpaired) electrons. The van der Waals surface area contributed by atoms with Gasteiger partial charge in [-0.15, -0.1) is 0 Å². The van der Waals surface area contributed by atoms with Gasteiger partial charge in [0.15, 0.2) is 0 Å². The summed E-state index contributed by atoms with van der Waals surface area (Å²) >= 11 is 0. The molecule has 0 aromatic rings. The van der Waals surface area contributed by atoms with Crippen LogP contribution in [0.2, 0.25) is 0 Å². The molecule has 0 unspecified atom stereocenters. The number of rotatable bonds is 0. The molecule has 0 aromatic heterocycles. The van der Waals surface area contributed by atoms with Crippen molar-refractivity contribution in [3.63, 3.8) is 0 Å². The maximum atomic E-state index is 5.22. The minimum absolute atomic E-state index is 0. The molecule has 1 N–H and O–H groups in total. The topological polar surface area (TPSA) is 40.7 Å². The normalized spacial score (nSPS) is 24.3. The molecule has 8 heteroatoms. The lowest BCUT2D eigenvalue weighted by atomic mass is 9.88. The Bertz CT molecular complexity index is 781. The minimum Gasteiger partial charge on any atom is -0.380 e. The highest BCUT2D eigenvalue weighted by molar-refractivity contribution is 4.68. The molecule has 7 heterocycles. The Morgan fingerprint density at radius 3 is 0.672 bits per heavy atom. The van der Waals surface area contributed by atoms with Gasteiger partial charge < -0.3 is 39.5 Å². The van der Waals surface area contributed by atoms with E-state index in [0.29, 0.717) is 0 Å². The molecule has 0 atom stereocenters. The second kappa shape index (κ2) is 50.6. The minimum atomic E-state index is 0. The molecule has 0 bridgehead atoms. The second-order valence-corrected chi connectivity index (χ2v) is 22.3. The van der Waals surface area contributed by atoms with E-state index in [-0.39, 0.29) is 22.3 Å². The molecule has 7 saturated heterocycles. The van der Waals surface area contributed by atoms with Gasteiger partial charge in [-0.3, -0.25) is 0 Å². The first-order valence-electron chi connectivity index (χ1n) is 28.3. The first-order chi connectivity index (χ1) is 30.9. The van der Waals surface area contributed by atoms with Gasteiger partial charge in [0, 0.05) is 19.7 Å². The van der Waals surface area contributed by atoms with Crippen LogP contribution in [0.1, 0.15) is 217 Å². The summed E-state index contributed by atoms with van der Waals surface area (Å²) in [5.74, 6) is 4.09. The first kappa shape index (κ1) is 70.9. The van der Waals surface area contributed by atoms with Crippen molar-refractivity contribution in [1.29, 1.82) is 0 Å². The zero-order chi connectivity index (χ0) is 46.9. The molecule has 7 aliphatic heterocycles. The lowest BCUT2D eigenvalue weighted by Gasteiger charge is -2.24. The molecule has 0 aromatic carbocycles. The predicted molar refractivity (Wildman–Crippen MR) is 306 cm³/mol. The molecule has 408 valence electrons. The van der Waals surface area contributed by atoms with Crippen LogP contribution in [-0.2, 0) is 4.74 Å². The quantitative estimate of drug-likeness (QED) is 0.258. The van der Waals surface area contributed by atoms with E-state index >= 15 is 0 Å². The van der Waals surface area contributed by atoms with Crippen molar-refractivity contribution in [2.24, 2.45) is 23.7 Å². The summed E-state index contributed by atoms with van der Waals surface area (Å²) < 4.78 is 5.22. The Morgan fingerprint density at radius 2 is 0.507 bits per heavy atom. The third-order valence-corrected chi connectivity index (χ3v) is 14.8. The Hall–Kier alpha value is -0.320. The lowest BCUT2D eigenvalue weighted by Crippen LogP contribution is -2.39. The molecule has 10 fully saturated rings. The highest BCUT2D eigenvalue weighted by Crippen LogP contribution is 2.24. The second-order valence-electron chi connectivity index (χ2n) is 22.3. The Kier molecular flexibility index (Phi) is 53.6. The fraction of sp³-hybridized carbons (Fsp3) is 1.00. The van der Waals surface area contributed by atoms with Crippen LogP contribution < -0.4 is 5.32 Å². The van der Waals surface area contributed by atoms with Gasteiger partial charge in [0.1, 0.15) is 0 Å². The number of ether oxygens (including phenoxy) is 1. The third-order valence-electron chi connectivity index (χ3n) is 14.8. The van der Waals surface area contributed by atoms with Crippen LogP contribution in [-0.4, -0.2) is 177 Å². The molecule has 3 saturated carbocycles. The molecule has 0 amide bonds. The Balaban J connectivity index is -0.000000678. The molecule has 10 rings (SSSR count). The van der Waals surface area contributed by atoms with Crippen LogP contribution in [0, 0.1) is 23.7 Å². The van der Waals surface area contributed by atoms with Crippen LogP contribution >= 0.6 is 0 Å². The maximum absolute atomic E-state index is 5.22. The van der Waals surface area contributed by atoms with Gasteiger partial charge in [-0.2, -0.15) is 0 Å². The van der Waals surface area contributed by atoms with E-state index in [0.717, 1.165) is 43.4 Å². The van der Waals surface area contributed by atoms with Crippen molar-refractivity contribution in [2.75, 3.05) is 147 Å². The summed E-state index contributed by atoms with van der Waals surface area (Å²) in [7, 11) is 13.0. The molecule has 8 nitrogen and oxygen atoms in total. The maximum Gasteiger partial charge on any atom is 0.0593 e. The van der Waals surface area contributed by atoms with E-state index in [4.69, 9.17) is 4.74 Å². The Labute approximate surface area is 425 Å². The van der Waals surface area contributed by atoms with E-state index in [1.54, 1.807) is 0 Å². The van der Waals surface area contributed by atoms with Crippen molar-refractivity contribution in [2.45, 2.75) is 217 Å². The molecule has 10 aliphatic rings. The summed E-state index contributed by atoms with van der Waals surface area (Å²) in [5.41, 5.74) is 0. The summed E-state index contributed by atoms with van der Waals surface area (Å²) in [5, 5.41) is 3.16. The molecular formula is C59H131N7O. The van der Waals surface area contributed by atoms with Gasteiger partial charge in [0.25, 0.3) is 0 Å². The largest absolute Gasteiger partial charge is 0.380 e. The molecule has 0 spiro atoms. The van der Waals surface area contributed by atoms with Crippen LogP contribution in [0.4, 0.5) is 0 Å². The number of likely N-dealkylation sites (tertiary alicyclic amines) is 5. The van der Waals surface area contributed by atoms with Gasteiger partial charge in [-0.05, 0) is 209 Å². The van der Waals surface area contributed by atoms with Crippen LogP contribution in [0.5, 0.6) is 0 Å². The van der Waals surface area contributed by atoms with Gasteiger partial charge >= 0.3 is 0 Å². The Morgan fingerprint density at radius 1 is 0.269 bits per heavy atom. The van der Waals surface area contributed by atoms with E-state index in [2.05, 4.69) is 105 Å². The van der Waals surface area contributed by atoms with Crippen LogP contribution in [0.25, 0.3) is 0 Å². The number of likely N-dealkylation sites (N-methyl/N-ethyl adjacent to an activating group) is 1. The van der Waals surface area contributed by atoms with Crippen molar-refractivity contribution in [3.8, 4) is 0 Å². The summed E-state index contributed by atoms with van der Waals surface area (Å²) in [6.45, 7) is 29.1. The van der Waals surface area contributed by atoms with Crippen molar-refractivity contribution >= 4 is 0 Å². The van der Waals surface area contributed by atoms with Crippen LogP contribution in [0.15, 0.2) is 0 Å². The standard InChI is InChI=1S/2C7H14.C6H13NO.3C6H13N.C5H11N.C5H10.2C4H9N.3CH4/c2*1-7-5-3-2-4-6-7;1-7-3-2-5-8-6-4-7;3*1-7-5-3-2-4-6-7;1-6-4-2-3-5-6;1-5-3-2-4-5;1-4-2-5-3-4;1-5-3-2-4-5;;;/h2*7H,2-6H2,1H3;2-6H2,1H3;3*2-6H2,1H3;2-5H2,1H3;5H,2-4H2,1H3;4-5H,2-3H2,1H3;2-4H2,1H3;3*1H4. The molecular weight excluding hydrogens is 823 g/mol. The average molecular weight is 955 g/mol. The van der Waals surface area contributed by atoms with Crippen molar-refractivity contribution in [3.05, 3.63) is 0 Å².